The molecule has 0 amide bonds. The molecule has 2 unspecified atom stereocenters. The zero-order valence-electron chi connectivity index (χ0n) is 13.6. The predicted octanol–water partition coefficient (Wildman–Crippen LogP) is 3.68. The molecule has 2 atom stereocenters. The van der Waals surface area contributed by atoms with E-state index < -0.39 is 12.6 Å². The molecule has 2 rings (SSSR count). The molecule has 4 nitrogen and oxygen atoms in total. The first-order valence-corrected chi connectivity index (χ1v) is 7.67. The molecule has 0 aromatic heterocycles. The second-order valence-corrected chi connectivity index (χ2v) is 5.10. The van der Waals surface area contributed by atoms with Gasteiger partial charge < -0.3 is 18.8 Å². The van der Waals surface area contributed by atoms with E-state index in [0.717, 1.165) is 11.1 Å². The molecule has 0 bridgehead atoms. The van der Waals surface area contributed by atoms with Crippen LogP contribution in [0, 0.1) is 0 Å². The molecule has 0 aliphatic rings. The molecule has 2 aromatic rings. The van der Waals surface area contributed by atoms with E-state index in [9.17, 15) is 0 Å². The molecule has 0 N–H and O–H groups in total. The van der Waals surface area contributed by atoms with E-state index in [1.165, 1.54) is 7.69 Å². The Morgan fingerprint density at radius 3 is 1.48 bits per heavy atom. The van der Waals surface area contributed by atoms with Gasteiger partial charge >= 0.3 is 7.69 Å². The lowest BCUT2D eigenvalue weighted by molar-refractivity contribution is -0.116. The topological polar surface area (TPSA) is 36.9 Å². The minimum atomic E-state index is -0.392. The van der Waals surface area contributed by atoms with Crippen LogP contribution in [0.1, 0.15) is 25.0 Å². The molecule has 121 valence electrons. The molecule has 0 saturated carbocycles. The normalized spacial score (nSPS) is 13.5. The van der Waals surface area contributed by atoms with Gasteiger partial charge in [-0.2, -0.15) is 0 Å². The highest BCUT2D eigenvalue weighted by Crippen LogP contribution is 2.06. The van der Waals surface area contributed by atoms with Crippen molar-refractivity contribution in [3.8, 4) is 0 Å². The van der Waals surface area contributed by atoms with Crippen LogP contribution in [0.4, 0.5) is 0 Å². The Kier molecular flexibility index (Phi) is 7.83. The summed E-state index contributed by atoms with van der Waals surface area (Å²) in [6, 6.07) is 19.9. The van der Waals surface area contributed by atoms with Crippen molar-refractivity contribution >= 4 is 7.69 Å². The maximum atomic E-state index is 5.56. The van der Waals surface area contributed by atoms with Gasteiger partial charge in [0.2, 0.25) is 0 Å². The van der Waals surface area contributed by atoms with Crippen molar-refractivity contribution in [2.24, 2.45) is 0 Å². The average Bonchev–Trinajstić information content (AvgIpc) is 2.60. The van der Waals surface area contributed by atoms with Crippen molar-refractivity contribution in [2.45, 2.75) is 39.6 Å². The smallest absolute Gasteiger partial charge is 0.388 e. The van der Waals surface area contributed by atoms with Gasteiger partial charge in [-0.3, -0.25) is 0 Å². The zero-order valence-corrected chi connectivity index (χ0v) is 13.6. The van der Waals surface area contributed by atoms with Crippen LogP contribution in [0.25, 0.3) is 0 Å². The molecule has 0 aliphatic heterocycles. The van der Waals surface area contributed by atoms with Gasteiger partial charge in [0.1, 0.15) is 12.6 Å². The van der Waals surface area contributed by atoms with Crippen molar-refractivity contribution < 1.29 is 18.8 Å². The monoisotopic (exact) mass is 313 g/mol. The van der Waals surface area contributed by atoms with Gasteiger partial charge in [-0.1, -0.05) is 60.7 Å². The van der Waals surface area contributed by atoms with Crippen molar-refractivity contribution in [1.82, 2.24) is 0 Å². The molecule has 0 fully saturated rings. The number of ether oxygens (including phenoxy) is 2. The molecular formula is C18H22BO4. The summed E-state index contributed by atoms with van der Waals surface area (Å²) in [6.45, 7) is 4.63. The van der Waals surface area contributed by atoms with E-state index in [-0.39, 0.29) is 0 Å². The van der Waals surface area contributed by atoms with Gasteiger partial charge in [-0.25, -0.2) is 0 Å². The van der Waals surface area contributed by atoms with Gasteiger partial charge in [0.15, 0.2) is 0 Å². The highest BCUT2D eigenvalue weighted by atomic mass is 16.7. The Morgan fingerprint density at radius 1 is 0.696 bits per heavy atom. The first-order chi connectivity index (χ1) is 11.2. The zero-order chi connectivity index (χ0) is 16.3. The summed E-state index contributed by atoms with van der Waals surface area (Å²) in [5, 5.41) is 0. The molecule has 23 heavy (non-hydrogen) atoms. The SMILES string of the molecule is CC(O[B]OC(C)OCc1ccccc1)OCc1ccccc1. The third kappa shape index (κ3) is 7.44. The number of hydrogen-bond donors (Lipinski definition) is 0. The van der Waals surface area contributed by atoms with Crippen molar-refractivity contribution in [1.29, 1.82) is 0 Å². The van der Waals surface area contributed by atoms with Crippen molar-refractivity contribution in [2.75, 3.05) is 0 Å². The molecule has 2 aromatic carbocycles. The van der Waals surface area contributed by atoms with E-state index in [1.54, 1.807) is 0 Å². The molecule has 1 radical (unpaired) electrons. The van der Waals surface area contributed by atoms with Crippen LogP contribution in [0.15, 0.2) is 60.7 Å². The van der Waals surface area contributed by atoms with Crippen LogP contribution < -0.4 is 0 Å². The van der Waals surface area contributed by atoms with Gasteiger partial charge in [-0.05, 0) is 25.0 Å². The van der Waals surface area contributed by atoms with E-state index in [2.05, 4.69) is 0 Å². The fourth-order valence-electron chi connectivity index (χ4n) is 1.84. The Hall–Kier alpha value is -1.66. The lowest BCUT2D eigenvalue weighted by Gasteiger charge is -2.17. The van der Waals surface area contributed by atoms with Crippen LogP contribution in [0.2, 0.25) is 0 Å². The molecule has 0 aliphatic carbocycles. The van der Waals surface area contributed by atoms with Crippen LogP contribution in [-0.2, 0) is 32.0 Å². The summed E-state index contributed by atoms with van der Waals surface area (Å²) in [7, 11) is 1.27. The second kappa shape index (κ2) is 10.2. The molecule has 0 saturated heterocycles. The summed E-state index contributed by atoms with van der Waals surface area (Å²) < 4.78 is 21.8. The maximum Gasteiger partial charge on any atom is 0.491 e. The fourth-order valence-corrected chi connectivity index (χ4v) is 1.84. The second-order valence-electron chi connectivity index (χ2n) is 5.10. The maximum absolute atomic E-state index is 5.56. The van der Waals surface area contributed by atoms with E-state index in [0.29, 0.717) is 13.2 Å². The van der Waals surface area contributed by atoms with Crippen LogP contribution in [0.3, 0.4) is 0 Å². The Bertz CT molecular complexity index is 486. The Balaban J connectivity index is 1.55. The van der Waals surface area contributed by atoms with Crippen LogP contribution in [-0.4, -0.2) is 20.3 Å². The lowest BCUT2D eigenvalue weighted by atomic mass is 10.2. The average molecular weight is 313 g/mol. The number of hydrogen-bond acceptors (Lipinski definition) is 4. The quantitative estimate of drug-likeness (QED) is 0.495. The van der Waals surface area contributed by atoms with E-state index in [1.807, 2.05) is 74.5 Å². The molecule has 0 spiro atoms. The van der Waals surface area contributed by atoms with Crippen molar-refractivity contribution in [3.05, 3.63) is 71.8 Å². The Morgan fingerprint density at radius 2 is 1.09 bits per heavy atom. The first-order valence-electron chi connectivity index (χ1n) is 7.67. The third-order valence-corrected chi connectivity index (χ3v) is 3.15. The molecule has 0 heterocycles. The highest BCUT2D eigenvalue weighted by molar-refractivity contribution is 6.18. The van der Waals surface area contributed by atoms with Gasteiger partial charge in [0, 0.05) is 0 Å². The molecule has 5 heteroatoms. The van der Waals surface area contributed by atoms with Gasteiger partial charge in [-0.15, -0.1) is 0 Å². The van der Waals surface area contributed by atoms with Crippen LogP contribution >= 0.6 is 0 Å². The van der Waals surface area contributed by atoms with E-state index in [4.69, 9.17) is 18.8 Å². The third-order valence-electron chi connectivity index (χ3n) is 3.15. The summed E-state index contributed by atoms with van der Waals surface area (Å²) in [4.78, 5) is 0. The minimum Gasteiger partial charge on any atom is -0.388 e. The summed E-state index contributed by atoms with van der Waals surface area (Å²) in [5.74, 6) is 0. The van der Waals surface area contributed by atoms with Crippen LogP contribution in [0.5, 0.6) is 0 Å². The fraction of sp³-hybridized carbons (Fsp3) is 0.333. The minimum absolute atomic E-state index is 0.392. The van der Waals surface area contributed by atoms with E-state index >= 15 is 0 Å². The summed E-state index contributed by atoms with van der Waals surface area (Å²) >= 11 is 0. The number of rotatable bonds is 10. The summed E-state index contributed by atoms with van der Waals surface area (Å²) in [5.41, 5.74) is 2.20. The van der Waals surface area contributed by atoms with Crippen molar-refractivity contribution in [3.63, 3.8) is 0 Å². The lowest BCUT2D eigenvalue weighted by Crippen LogP contribution is -2.22. The summed E-state index contributed by atoms with van der Waals surface area (Å²) in [6.07, 6.45) is -0.784. The largest absolute Gasteiger partial charge is 0.491 e. The van der Waals surface area contributed by atoms with Gasteiger partial charge in [0.05, 0.1) is 13.2 Å². The number of benzene rings is 2. The predicted molar refractivity (Wildman–Crippen MR) is 89.3 cm³/mol. The standard InChI is InChI=1S/C18H22BO4/c1-15(20-13-17-9-5-3-6-10-17)22-19-23-16(2)21-14-18-11-7-4-8-12-18/h3-12,15-16H,13-14H2,1-2H3. The highest BCUT2D eigenvalue weighted by Gasteiger charge is 2.09. The van der Waals surface area contributed by atoms with Gasteiger partial charge in [0.25, 0.3) is 0 Å². The first kappa shape index (κ1) is 17.7. The Labute approximate surface area is 138 Å². The molecular weight excluding hydrogens is 291 g/mol.